The molecule has 0 bridgehead atoms. The molecule has 0 saturated carbocycles. The highest BCUT2D eigenvalue weighted by molar-refractivity contribution is 9.10. The van der Waals surface area contributed by atoms with Crippen molar-refractivity contribution in [3.05, 3.63) is 197 Å². The number of halogens is 2. The van der Waals surface area contributed by atoms with Gasteiger partial charge < -0.3 is 60.8 Å². The molecule has 0 spiro atoms. The average molecular weight is 1640 g/mol. The molecule has 0 aromatic carbocycles. The first-order valence-electron chi connectivity index (χ1n) is 37.5. The molecule has 6 aliphatic heterocycles. The molecule has 18 rings (SSSR count). The first kappa shape index (κ1) is 77.9. The number of carbonyl (C=O) groups excluding carboxylic acids is 5. The van der Waals surface area contributed by atoms with E-state index in [4.69, 9.17) is 26.1 Å². The van der Waals surface area contributed by atoms with Crippen molar-refractivity contribution in [2.45, 2.75) is 129 Å². The number of aliphatic hydroxyl groups excluding tert-OH is 3. The van der Waals surface area contributed by atoms with Crippen LogP contribution in [0.3, 0.4) is 0 Å². The first-order valence-corrected chi connectivity index (χ1v) is 38.7. The van der Waals surface area contributed by atoms with Crippen LogP contribution in [0.5, 0.6) is 0 Å². The molecule has 12 aromatic heterocycles. The standard InChI is InChI=1S/C28H30N8O4.C23H22N8O2.C22H26ClN5O4.C7H5BrN2/c1-28(2,3)40-27(39)36-16-19-24(26(36)38)20(13-32-25(19)21-14-29-15-23-30-8-11-35(21)23)33-22-5-4-17(12-31-22)34-9-6-18(37)7-10-34;32-15-3-6-30(7-4-15)14-1-2-19(26-9-14)29-17-11-27-22(16-10-28-23(33)21(16)17)18-12-24-13-20-25-5-8-31(18)20;1-22(2,3)32-21(31)28-12-15-18(20(28)30)16(11-25-19(15)23)26-17-5-4-13(10-24-17)27-8-6-14(29)7-9-27;8-6-2-1-3-7-9-4-5-10(6)7/h4-5,8,11-15,18,37H,6-7,9-10,16H2,1-3H3,(H,31,33);1-2,5,8-9,11-13,15,32H,3-4,6-7,10H2,(H,26,29)(H,28,33);4-5,10-11,14,29H,6-9,12H2,1-3H3,(H,24,26);1-5H. The summed E-state index contributed by atoms with van der Waals surface area (Å²) in [6.07, 6.45) is 29.7. The highest BCUT2D eigenvalue weighted by Crippen LogP contribution is 2.40. The summed E-state index contributed by atoms with van der Waals surface area (Å²) < 4.78 is 17.6. The van der Waals surface area contributed by atoms with Crippen molar-refractivity contribution < 1.29 is 48.8 Å². The zero-order chi connectivity index (χ0) is 80.4. The molecule has 0 unspecified atom stereocenters. The van der Waals surface area contributed by atoms with Gasteiger partial charge in [0.15, 0.2) is 11.3 Å². The lowest BCUT2D eigenvalue weighted by molar-refractivity contribution is 0.0231. The van der Waals surface area contributed by atoms with Crippen molar-refractivity contribution in [2.24, 2.45) is 0 Å². The van der Waals surface area contributed by atoms with E-state index in [-0.39, 0.29) is 48.0 Å². The molecule has 3 saturated heterocycles. The number of aromatic nitrogens is 14. The molecular formula is C80H83BrClN23O10. The molecule has 0 aliphatic carbocycles. The van der Waals surface area contributed by atoms with Crippen molar-refractivity contribution in [3.63, 3.8) is 0 Å². The maximum atomic E-state index is 13.7. The summed E-state index contributed by atoms with van der Waals surface area (Å²) in [5.41, 5.74) is 10.9. The van der Waals surface area contributed by atoms with Crippen molar-refractivity contribution in [2.75, 3.05) is 69.9 Å². The molecule has 0 atom stereocenters. The number of nitrogens with zero attached hydrogens (tertiary/aromatic N) is 19. The van der Waals surface area contributed by atoms with Gasteiger partial charge >= 0.3 is 12.2 Å². The van der Waals surface area contributed by atoms with Crippen LogP contribution in [-0.4, -0.2) is 192 Å². The van der Waals surface area contributed by atoms with Gasteiger partial charge in [-0.3, -0.25) is 47.5 Å². The number of ether oxygens (including phenoxy) is 2. The number of anilines is 9. The number of aliphatic hydroxyl groups is 3. The smallest absolute Gasteiger partial charge is 0.417 e. The third-order valence-electron chi connectivity index (χ3n) is 19.9. The van der Waals surface area contributed by atoms with E-state index in [1.807, 2.05) is 86.4 Å². The van der Waals surface area contributed by atoms with Crippen LogP contribution in [-0.2, 0) is 29.1 Å². The third-order valence-corrected chi connectivity index (χ3v) is 20.9. The Morgan fingerprint density at radius 3 is 1.30 bits per heavy atom. The van der Waals surface area contributed by atoms with E-state index in [0.29, 0.717) is 86.0 Å². The lowest BCUT2D eigenvalue weighted by Crippen LogP contribution is -2.37. The maximum absolute atomic E-state index is 13.7. The summed E-state index contributed by atoms with van der Waals surface area (Å²) in [6, 6.07) is 17.3. The fourth-order valence-corrected chi connectivity index (χ4v) is 14.8. The Morgan fingerprint density at radius 2 is 0.870 bits per heavy atom. The van der Waals surface area contributed by atoms with Gasteiger partial charge in [-0.25, -0.2) is 54.3 Å². The van der Waals surface area contributed by atoms with Crippen LogP contribution in [0.15, 0.2) is 158 Å². The SMILES string of the molecule is Brc1cccc2nccn12.CC(C)(C)OC(=O)N1Cc2c(-c3cncc4nccn34)ncc(Nc3ccc(N4CCC(O)CC4)cn3)c2C1=O.CC(C)(C)OC(=O)N1Cc2c(Cl)ncc(Nc3ccc(N4CCC(O)CC4)cn3)c2C1=O.O=C1NCc2c(-c3cncc4nccn34)ncc(Nc3ccc(N4CCC(O)CC4)cn3)c21. The number of hydrogen-bond acceptors (Lipinski definition) is 27. The fraction of sp³-hybridized carbons (Fsp3) is 0.325. The molecule has 0 radical (unpaired) electrons. The van der Waals surface area contributed by atoms with Gasteiger partial charge in [0.05, 0.1) is 172 Å². The topological polar surface area (TPSA) is 384 Å². The number of carbonyl (C=O) groups is 5. The Labute approximate surface area is 673 Å². The van der Waals surface area contributed by atoms with Gasteiger partial charge in [0.25, 0.3) is 17.7 Å². The van der Waals surface area contributed by atoms with Gasteiger partial charge in [-0.15, -0.1) is 0 Å². The zero-order valence-corrected chi connectivity index (χ0v) is 66.1. The molecule has 7 N–H and O–H groups in total. The van der Waals surface area contributed by atoms with Gasteiger partial charge in [0.1, 0.15) is 39.5 Å². The minimum atomic E-state index is -0.765. The zero-order valence-electron chi connectivity index (χ0n) is 63.7. The molecule has 592 valence electrons. The van der Waals surface area contributed by atoms with Crippen LogP contribution in [0.4, 0.5) is 61.2 Å². The van der Waals surface area contributed by atoms with E-state index in [1.54, 1.807) is 116 Å². The van der Waals surface area contributed by atoms with Crippen LogP contribution in [0.25, 0.3) is 39.7 Å². The van der Waals surface area contributed by atoms with Crippen molar-refractivity contribution >= 4 is 126 Å². The summed E-state index contributed by atoms with van der Waals surface area (Å²) >= 11 is 9.62. The minimum Gasteiger partial charge on any atom is -0.443 e. The largest absolute Gasteiger partial charge is 0.443 e. The molecule has 12 aromatic rings. The lowest BCUT2D eigenvalue weighted by Gasteiger charge is -2.31. The third kappa shape index (κ3) is 17.3. The van der Waals surface area contributed by atoms with Gasteiger partial charge in [0.2, 0.25) is 0 Å². The molecule has 3 fully saturated rings. The van der Waals surface area contributed by atoms with Crippen molar-refractivity contribution in [3.8, 4) is 22.8 Å². The van der Waals surface area contributed by atoms with Crippen LogP contribution >= 0.6 is 27.5 Å². The predicted molar refractivity (Wildman–Crippen MR) is 433 cm³/mol. The van der Waals surface area contributed by atoms with E-state index in [2.05, 4.69) is 102 Å². The van der Waals surface area contributed by atoms with Crippen LogP contribution in [0.2, 0.25) is 5.15 Å². The van der Waals surface area contributed by atoms with Gasteiger partial charge in [0, 0.05) is 99.7 Å². The second kappa shape index (κ2) is 33.0. The van der Waals surface area contributed by atoms with Crippen molar-refractivity contribution in [1.29, 1.82) is 0 Å². The number of rotatable bonds is 11. The Bertz CT molecular complexity index is 5620. The van der Waals surface area contributed by atoms with Crippen LogP contribution in [0, 0.1) is 0 Å². The molecule has 5 amide bonds. The van der Waals surface area contributed by atoms with Crippen LogP contribution < -0.4 is 36.0 Å². The molecule has 18 heterocycles. The van der Waals surface area contributed by atoms with E-state index < -0.39 is 35.2 Å². The van der Waals surface area contributed by atoms with Crippen molar-refractivity contribution in [1.82, 2.24) is 83.1 Å². The quantitative estimate of drug-likeness (QED) is 0.0591. The predicted octanol–water partition coefficient (Wildman–Crippen LogP) is 11.7. The molecule has 33 nitrogen and oxygen atoms in total. The number of imidazole rings is 3. The first-order chi connectivity index (χ1) is 55.3. The molecule has 6 aliphatic rings. The number of amides is 5. The highest BCUT2D eigenvalue weighted by atomic mass is 79.9. The number of pyridine rings is 7. The monoisotopic (exact) mass is 1640 g/mol. The van der Waals surface area contributed by atoms with E-state index in [9.17, 15) is 39.3 Å². The Kier molecular flexibility index (Phi) is 22.4. The van der Waals surface area contributed by atoms with Gasteiger partial charge in [-0.1, -0.05) is 17.7 Å². The van der Waals surface area contributed by atoms with E-state index >= 15 is 0 Å². The summed E-state index contributed by atoms with van der Waals surface area (Å²) in [5.74, 6) is 0.560. The number of nitrogens with one attached hydrogen (secondary N) is 4. The fourth-order valence-electron chi connectivity index (χ4n) is 14.2. The maximum Gasteiger partial charge on any atom is 0.417 e. The second-order valence-electron chi connectivity index (χ2n) is 30.1. The second-order valence-corrected chi connectivity index (χ2v) is 31.3. The Morgan fingerprint density at radius 1 is 0.470 bits per heavy atom. The highest BCUT2D eigenvalue weighted by Gasteiger charge is 2.42. The van der Waals surface area contributed by atoms with Gasteiger partial charge in [-0.05, 0) is 145 Å². The number of hydrogen-bond donors (Lipinski definition) is 7. The van der Waals surface area contributed by atoms with E-state index in [0.717, 1.165) is 132 Å². The molecular weight excluding hydrogens is 1560 g/mol. The number of piperidine rings is 3. The average Bonchev–Trinajstić information content (AvgIpc) is 1.60. The molecule has 35 heteroatoms. The normalized spacial score (nSPS) is 15.8. The summed E-state index contributed by atoms with van der Waals surface area (Å²) in [7, 11) is 0. The van der Waals surface area contributed by atoms with Crippen LogP contribution in [0.1, 0.15) is 128 Å². The Hall–Kier alpha value is -12.4. The summed E-state index contributed by atoms with van der Waals surface area (Å²) in [5, 5.41) is 41.9. The summed E-state index contributed by atoms with van der Waals surface area (Å²) in [4.78, 5) is 122. The molecule has 115 heavy (non-hydrogen) atoms. The van der Waals surface area contributed by atoms with Gasteiger partial charge in [-0.2, -0.15) is 0 Å². The number of fused-ring (bicyclic) bond motifs is 6. The van der Waals surface area contributed by atoms with E-state index in [1.165, 1.54) is 6.20 Å². The number of imide groups is 2. The minimum absolute atomic E-state index is 0.000798. The lowest BCUT2D eigenvalue weighted by atomic mass is 10.1. The Balaban J connectivity index is 0.000000128. The summed E-state index contributed by atoms with van der Waals surface area (Å²) in [6.45, 7) is 15.6.